The Labute approximate surface area is 174 Å². The molecule has 1 amide bonds. The number of hydrogen-bond donors (Lipinski definition) is 4. The Morgan fingerprint density at radius 1 is 1.03 bits per heavy atom. The molecule has 1 aromatic heterocycles. The van der Waals surface area contributed by atoms with E-state index in [9.17, 15) is 9.90 Å². The van der Waals surface area contributed by atoms with Gasteiger partial charge in [-0.25, -0.2) is 0 Å². The Balaban J connectivity index is 1.89. The first-order chi connectivity index (χ1) is 13.8. The van der Waals surface area contributed by atoms with E-state index in [1.165, 1.54) is 7.05 Å². The normalized spacial score (nSPS) is 12.3. The van der Waals surface area contributed by atoms with Crippen molar-refractivity contribution in [3.8, 4) is 5.75 Å². The van der Waals surface area contributed by atoms with Gasteiger partial charge in [0.1, 0.15) is 0 Å². The molecule has 0 unspecified atom stereocenters. The number of amides is 1. The molecular formula is C21H25N5O2S. The number of nitrogens with one attached hydrogen (secondary N) is 3. The summed E-state index contributed by atoms with van der Waals surface area (Å²) in [5, 5.41) is 19.6. The van der Waals surface area contributed by atoms with Crippen molar-refractivity contribution in [2.24, 2.45) is 5.41 Å². The number of aromatic nitrogens is 2. The lowest BCUT2D eigenvalue weighted by Crippen LogP contribution is -2.26. The lowest BCUT2D eigenvalue weighted by molar-refractivity contribution is 0.0960. The topological polar surface area (TPSA) is 99.2 Å². The summed E-state index contributed by atoms with van der Waals surface area (Å²) in [6.45, 7) is 6.47. The maximum atomic E-state index is 11.9. The Morgan fingerprint density at radius 2 is 1.72 bits per heavy atom. The van der Waals surface area contributed by atoms with Gasteiger partial charge < -0.3 is 21.1 Å². The van der Waals surface area contributed by atoms with Crippen molar-refractivity contribution in [3.05, 3.63) is 59.7 Å². The number of phenols is 1. The van der Waals surface area contributed by atoms with Crippen molar-refractivity contribution in [2.75, 3.05) is 17.7 Å². The second-order valence-corrected chi connectivity index (χ2v) is 8.25. The highest BCUT2D eigenvalue weighted by atomic mass is 32.1. The molecule has 0 aliphatic rings. The zero-order valence-corrected chi connectivity index (χ0v) is 17.7. The molecule has 8 heteroatoms. The van der Waals surface area contributed by atoms with E-state index < -0.39 is 0 Å². The van der Waals surface area contributed by atoms with Crippen LogP contribution in [0.5, 0.6) is 5.75 Å². The van der Waals surface area contributed by atoms with Crippen molar-refractivity contribution >= 4 is 35.0 Å². The van der Waals surface area contributed by atoms with Crippen molar-refractivity contribution in [3.63, 3.8) is 0 Å². The summed E-state index contributed by atoms with van der Waals surface area (Å²) in [4.78, 5) is 11.9. The minimum atomic E-state index is -0.363. The fraction of sp³-hybridized carbons (Fsp3) is 0.286. The lowest BCUT2D eigenvalue weighted by atomic mass is 9.82. The Bertz CT molecular complexity index is 982. The molecule has 1 atom stereocenters. The average Bonchev–Trinajstić information content (AvgIpc) is 3.13. The molecule has 2 aromatic carbocycles. The summed E-state index contributed by atoms with van der Waals surface area (Å²) < 4.78 is 8.71. The number of anilines is 3. The maximum Gasteiger partial charge on any atom is 0.254 e. The summed E-state index contributed by atoms with van der Waals surface area (Å²) in [6.07, 6.45) is 0. The highest BCUT2D eigenvalue weighted by Crippen LogP contribution is 2.38. The van der Waals surface area contributed by atoms with E-state index in [-0.39, 0.29) is 28.7 Å². The van der Waals surface area contributed by atoms with Gasteiger partial charge in [-0.05, 0) is 23.1 Å². The number of benzene rings is 2. The third-order valence-electron chi connectivity index (χ3n) is 4.53. The summed E-state index contributed by atoms with van der Waals surface area (Å²) in [6, 6.07) is 15.1. The number of carbonyl (C=O) groups excluding carboxylic acids is 1. The monoisotopic (exact) mass is 411 g/mol. The zero-order chi connectivity index (χ0) is 21.0. The van der Waals surface area contributed by atoms with Crippen LogP contribution in [0, 0.1) is 5.41 Å². The third-order valence-corrected chi connectivity index (χ3v) is 5.06. The second kappa shape index (κ2) is 8.48. The smallest absolute Gasteiger partial charge is 0.254 e. The van der Waals surface area contributed by atoms with Crippen molar-refractivity contribution in [1.29, 1.82) is 0 Å². The van der Waals surface area contributed by atoms with Crippen LogP contribution in [0.2, 0.25) is 0 Å². The molecule has 3 rings (SSSR count). The van der Waals surface area contributed by atoms with E-state index in [0.29, 0.717) is 17.3 Å². The molecule has 29 heavy (non-hydrogen) atoms. The van der Waals surface area contributed by atoms with Gasteiger partial charge >= 0.3 is 0 Å². The molecular weight excluding hydrogens is 386 g/mol. The summed E-state index contributed by atoms with van der Waals surface area (Å²) in [5.74, 6) is 0.576. The van der Waals surface area contributed by atoms with Crippen LogP contribution in [0.15, 0.2) is 48.5 Å². The average molecular weight is 412 g/mol. The van der Waals surface area contributed by atoms with Crippen LogP contribution in [-0.4, -0.2) is 26.8 Å². The molecule has 4 N–H and O–H groups in total. The molecule has 0 radical (unpaired) electrons. The van der Waals surface area contributed by atoms with Gasteiger partial charge in [-0.1, -0.05) is 57.2 Å². The third kappa shape index (κ3) is 4.65. The van der Waals surface area contributed by atoms with Gasteiger partial charge in [0.25, 0.3) is 5.91 Å². The van der Waals surface area contributed by atoms with Crippen LogP contribution in [0.25, 0.3) is 0 Å². The second-order valence-electron chi connectivity index (χ2n) is 7.72. The largest absolute Gasteiger partial charge is 0.505 e. The van der Waals surface area contributed by atoms with E-state index in [4.69, 9.17) is 0 Å². The van der Waals surface area contributed by atoms with Crippen LogP contribution in [0.3, 0.4) is 0 Å². The number of aromatic hydroxyl groups is 1. The minimum Gasteiger partial charge on any atom is -0.505 e. The number of phenolic OH excluding ortho intramolecular Hbond substituents is 1. The Hall–Kier alpha value is -3.13. The van der Waals surface area contributed by atoms with E-state index in [1.54, 1.807) is 18.2 Å². The maximum absolute atomic E-state index is 11.9. The summed E-state index contributed by atoms with van der Waals surface area (Å²) in [7, 11) is 1.52. The predicted molar refractivity (Wildman–Crippen MR) is 117 cm³/mol. The van der Waals surface area contributed by atoms with E-state index in [0.717, 1.165) is 17.3 Å². The van der Waals surface area contributed by atoms with E-state index >= 15 is 0 Å². The van der Waals surface area contributed by atoms with Crippen molar-refractivity contribution < 1.29 is 9.90 Å². The SMILES string of the molecule is CNC(=O)c1cccc(Nc2nsnc2N[C@@H](c2ccccc2)C(C)(C)C)c1O. The minimum absolute atomic E-state index is 0.000972. The van der Waals surface area contributed by atoms with E-state index in [1.807, 2.05) is 18.2 Å². The first-order valence-electron chi connectivity index (χ1n) is 9.26. The van der Waals surface area contributed by atoms with Crippen LogP contribution >= 0.6 is 11.7 Å². The van der Waals surface area contributed by atoms with Gasteiger partial charge in [0, 0.05) is 7.05 Å². The van der Waals surface area contributed by atoms with Gasteiger partial charge in [0.15, 0.2) is 17.4 Å². The molecule has 0 saturated carbocycles. The summed E-state index contributed by atoms with van der Waals surface area (Å²) in [5.41, 5.74) is 1.63. The standard InChI is InChI=1S/C21H25N5O2S/c1-21(2,3)17(13-9-6-5-7-10-13)24-19-18(25-29-26-19)23-15-12-8-11-14(16(15)27)20(28)22-4/h5-12,17,27H,1-4H3,(H,22,28)(H,23,25)(H,24,26)/t17-/m0/s1. The van der Waals surface area contributed by atoms with Crippen molar-refractivity contribution in [1.82, 2.24) is 14.1 Å². The van der Waals surface area contributed by atoms with Gasteiger partial charge in [0.2, 0.25) is 0 Å². The number of hydrogen-bond acceptors (Lipinski definition) is 7. The molecule has 0 bridgehead atoms. The van der Waals surface area contributed by atoms with Crippen LogP contribution < -0.4 is 16.0 Å². The molecule has 152 valence electrons. The molecule has 7 nitrogen and oxygen atoms in total. The van der Waals surface area contributed by atoms with Crippen LogP contribution in [0.1, 0.15) is 42.7 Å². The molecule has 0 spiro atoms. The van der Waals surface area contributed by atoms with E-state index in [2.05, 4.69) is 57.6 Å². The number of rotatable bonds is 6. The predicted octanol–water partition coefficient (Wildman–Crippen LogP) is 4.55. The molecule has 0 aliphatic carbocycles. The number of para-hydroxylation sites is 1. The molecule has 3 aromatic rings. The van der Waals surface area contributed by atoms with Gasteiger partial charge in [0.05, 0.1) is 29.0 Å². The highest BCUT2D eigenvalue weighted by Gasteiger charge is 2.28. The first kappa shape index (κ1) is 20.6. The highest BCUT2D eigenvalue weighted by molar-refractivity contribution is 6.99. The number of nitrogens with zero attached hydrogens (tertiary/aromatic N) is 2. The fourth-order valence-corrected chi connectivity index (χ4v) is 3.51. The quantitative estimate of drug-likeness (QED) is 0.444. The molecule has 0 aliphatic heterocycles. The summed E-state index contributed by atoms with van der Waals surface area (Å²) >= 11 is 1.07. The molecule has 0 saturated heterocycles. The zero-order valence-electron chi connectivity index (χ0n) is 16.9. The van der Waals surface area contributed by atoms with Gasteiger partial charge in [-0.15, -0.1) is 0 Å². The number of carbonyl (C=O) groups is 1. The Kier molecular flexibility index (Phi) is 6.03. The Morgan fingerprint density at radius 3 is 2.38 bits per heavy atom. The lowest BCUT2D eigenvalue weighted by Gasteiger charge is -2.32. The molecule has 1 heterocycles. The first-order valence-corrected chi connectivity index (χ1v) is 9.99. The van der Waals surface area contributed by atoms with Gasteiger partial charge in [-0.3, -0.25) is 4.79 Å². The van der Waals surface area contributed by atoms with Crippen LogP contribution in [0.4, 0.5) is 17.3 Å². The van der Waals surface area contributed by atoms with Gasteiger partial charge in [-0.2, -0.15) is 8.75 Å². The van der Waals surface area contributed by atoms with Crippen LogP contribution in [-0.2, 0) is 0 Å². The fourth-order valence-electron chi connectivity index (χ4n) is 3.04. The van der Waals surface area contributed by atoms with Crippen molar-refractivity contribution in [2.45, 2.75) is 26.8 Å². The molecule has 0 fully saturated rings.